The van der Waals surface area contributed by atoms with Crippen LogP contribution in [0.3, 0.4) is 0 Å². The summed E-state index contributed by atoms with van der Waals surface area (Å²) < 4.78 is 0. The molecule has 1 atom stereocenters. The zero-order chi connectivity index (χ0) is 11.3. The van der Waals surface area contributed by atoms with Crippen LogP contribution in [0.1, 0.15) is 33.1 Å². The van der Waals surface area contributed by atoms with E-state index in [1.54, 1.807) is 0 Å². The van der Waals surface area contributed by atoms with Gasteiger partial charge in [-0.15, -0.1) is 0 Å². The minimum Gasteiger partial charge on any atom is -0.335 e. The lowest BCUT2D eigenvalue weighted by Gasteiger charge is -2.31. The minimum absolute atomic E-state index is 0.0235. The van der Waals surface area contributed by atoms with E-state index in [0.29, 0.717) is 6.42 Å². The summed E-state index contributed by atoms with van der Waals surface area (Å²) in [6, 6.07) is 1.97. The number of piperidine rings is 1. The summed E-state index contributed by atoms with van der Waals surface area (Å²) >= 11 is 0. The van der Waals surface area contributed by atoms with Crippen molar-refractivity contribution in [1.82, 2.24) is 10.2 Å². The second-order valence-electron chi connectivity index (χ2n) is 4.38. The van der Waals surface area contributed by atoms with Crippen molar-refractivity contribution in [2.45, 2.75) is 39.2 Å². The van der Waals surface area contributed by atoms with Crippen molar-refractivity contribution < 1.29 is 4.79 Å². The van der Waals surface area contributed by atoms with Crippen molar-refractivity contribution in [2.75, 3.05) is 13.1 Å². The molecule has 84 valence electrons. The monoisotopic (exact) mass is 209 g/mol. The van der Waals surface area contributed by atoms with Crippen molar-refractivity contribution in [3.8, 4) is 6.07 Å². The van der Waals surface area contributed by atoms with Crippen LogP contribution < -0.4 is 5.32 Å². The lowest BCUT2D eigenvalue weighted by atomic mass is 10.00. The highest BCUT2D eigenvalue weighted by molar-refractivity contribution is 5.74. The molecule has 0 aliphatic carbocycles. The molecule has 0 spiro atoms. The van der Waals surface area contributed by atoms with Gasteiger partial charge in [0, 0.05) is 19.1 Å². The number of nitrogens with zero attached hydrogens (tertiary/aromatic N) is 2. The lowest BCUT2D eigenvalue weighted by Crippen LogP contribution is -2.46. The maximum atomic E-state index is 11.7. The van der Waals surface area contributed by atoms with Gasteiger partial charge < -0.3 is 10.2 Å². The molecule has 15 heavy (non-hydrogen) atoms. The molecule has 1 unspecified atom stereocenters. The maximum absolute atomic E-state index is 11.7. The Hall–Kier alpha value is -1.24. The summed E-state index contributed by atoms with van der Waals surface area (Å²) in [5.74, 6) is 0.727. The van der Waals surface area contributed by atoms with Crippen molar-refractivity contribution in [1.29, 1.82) is 5.26 Å². The van der Waals surface area contributed by atoms with Crippen LogP contribution in [0, 0.1) is 17.2 Å². The van der Waals surface area contributed by atoms with Crippen molar-refractivity contribution >= 4 is 6.03 Å². The number of likely N-dealkylation sites (tertiary alicyclic amines) is 1. The molecule has 2 amide bonds. The summed E-state index contributed by atoms with van der Waals surface area (Å²) in [6.07, 6.45) is 2.54. The number of hydrogen-bond acceptors (Lipinski definition) is 2. The third-order valence-electron chi connectivity index (χ3n) is 2.84. The molecule has 4 nitrogen and oxygen atoms in total. The fraction of sp³-hybridized carbons (Fsp3) is 0.818. The van der Waals surface area contributed by atoms with Crippen LogP contribution in [0.5, 0.6) is 0 Å². The molecular formula is C11H19N3O. The molecule has 1 aliphatic heterocycles. The van der Waals surface area contributed by atoms with Crippen LogP contribution in [0.15, 0.2) is 0 Å². The van der Waals surface area contributed by atoms with Gasteiger partial charge in [-0.1, -0.05) is 6.92 Å². The van der Waals surface area contributed by atoms with Gasteiger partial charge in [-0.25, -0.2) is 4.79 Å². The summed E-state index contributed by atoms with van der Waals surface area (Å²) in [4.78, 5) is 13.5. The van der Waals surface area contributed by atoms with E-state index in [1.165, 1.54) is 0 Å². The zero-order valence-corrected chi connectivity index (χ0v) is 9.49. The van der Waals surface area contributed by atoms with Gasteiger partial charge in [0.25, 0.3) is 0 Å². The summed E-state index contributed by atoms with van der Waals surface area (Å²) in [6.45, 7) is 5.75. The Morgan fingerprint density at radius 2 is 2.20 bits per heavy atom. The number of carbonyl (C=O) groups excluding carboxylic acids is 1. The summed E-state index contributed by atoms with van der Waals surface area (Å²) in [7, 11) is 0. The van der Waals surface area contributed by atoms with Crippen LogP contribution in [-0.2, 0) is 0 Å². The van der Waals surface area contributed by atoms with Crippen molar-refractivity contribution in [3.63, 3.8) is 0 Å². The predicted octanol–water partition coefficient (Wildman–Crippen LogP) is 1.73. The number of rotatable bonds is 2. The quantitative estimate of drug-likeness (QED) is 0.753. The third kappa shape index (κ3) is 3.78. The smallest absolute Gasteiger partial charge is 0.317 e. The van der Waals surface area contributed by atoms with E-state index in [1.807, 2.05) is 17.9 Å². The highest BCUT2D eigenvalue weighted by Gasteiger charge is 2.20. The Morgan fingerprint density at radius 3 is 2.73 bits per heavy atom. The first-order valence-corrected chi connectivity index (χ1v) is 5.56. The number of carbonyl (C=O) groups is 1. The van der Waals surface area contributed by atoms with E-state index in [2.05, 4.69) is 12.2 Å². The summed E-state index contributed by atoms with van der Waals surface area (Å²) in [5, 5.41) is 11.3. The molecule has 4 heteroatoms. The second-order valence-corrected chi connectivity index (χ2v) is 4.38. The molecule has 0 aromatic heterocycles. The van der Waals surface area contributed by atoms with E-state index in [4.69, 9.17) is 5.26 Å². The van der Waals surface area contributed by atoms with Gasteiger partial charge in [-0.05, 0) is 25.7 Å². The van der Waals surface area contributed by atoms with E-state index < -0.39 is 0 Å². The van der Waals surface area contributed by atoms with Gasteiger partial charge in [0.05, 0.1) is 12.5 Å². The molecule has 0 saturated carbocycles. The molecule has 0 radical (unpaired) electrons. The normalized spacial score (nSPS) is 19.4. The number of nitriles is 1. The van der Waals surface area contributed by atoms with Crippen LogP contribution in [0.25, 0.3) is 0 Å². The Balaban J connectivity index is 2.31. The van der Waals surface area contributed by atoms with E-state index in [-0.39, 0.29) is 12.1 Å². The average Bonchev–Trinajstić information content (AvgIpc) is 2.18. The van der Waals surface area contributed by atoms with Crippen LogP contribution in [0.4, 0.5) is 4.79 Å². The largest absolute Gasteiger partial charge is 0.335 e. The Kier molecular flexibility index (Phi) is 4.41. The van der Waals surface area contributed by atoms with Crippen LogP contribution in [-0.4, -0.2) is 30.1 Å². The number of urea groups is 1. The van der Waals surface area contributed by atoms with Gasteiger partial charge in [-0.3, -0.25) is 0 Å². The number of amides is 2. The Bertz CT molecular complexity index is 251. The van der Waals surface area contributed by atoms with Gasteiger partial charge in [-0.2, -0.15) is 5.26 Å². The topological polar surface area (TPSA) is 56.1 Å². The van der Waals surface area contributed by atoms with Crippen molar-refractivity contribution in [2.24, 2.45) is 5.92 Å². The molecule has 0 bridgehead atoms. The first-order valence-electron chi connectivity index (χ1n) is 5.56. The molecule has 1 fully saturated rings. The molecule has 0 aromatic rings. The second kappa shape index (κ2) is 5.59. The molecule has 0 aromatic carbocycles. The molecule has 1 heterocycles. The van der Waals surface area contributed by atoms with Gasteiger partial charge >= 0.3 is 6.03 Å². The van der Waals surface area contributed by atoms with E-state index in [0.717, 1.165) is 31.8 Å². The maximum Gasteiger partial charge on any atom is 0.317 e. The number of nitrogens with one attached hydrogen (secondary N) is 1. The number of hydrogen-bond donors (Lipinski definition) is 1. The zero-order valence-electron chi connectivity index (χ0n) is 9.49. The highest BCUT2D eigenvalue weighted by Crippen LogP contribution is 2.15. The van der Waals surface area contributed by atoms with Gasteiger partial charge in [0.15, 0.2) is 0 Å². The van der Waals surface area contributed by atoms with Gasteiger partial charge in [0.2, 0.25) is 0 Å². The first kappa shape index (κ1) is 11.8. The minimum atomic E-state index is -0.0538. The predicted molar refractivity (Wildman–Crippen MR) is 58.2 cm³/mol. The Morgan fingerprint density at radius 1 is 1.60 bits per heavy atom. The first-order chi connectivity index (χ1) is 7.13. The standard InChI is InChI=1S/C11H19N3O/c1-9-4-7-14(8-5-9)11(15)13-10(2)3-6-12/h9-10H,3-5,7-8H2,1-2H3,(H,13,15). The fourth-order valence-corrected chi connectivity index (χ4v) is 1.70. The Labute approximate surface area is 91.2 Å². The molecular weight excluding hydrogens is 190 g/mol. The summed E-state index contributed by atoms with van der Waals surface area (Å²) in [5.41, 5.74) is 0. The lowest BCUT2D eigenvalue weighted by molar-refractivity contribution is 0.171. The molecule has 1 aliphatic rings. The third-order valence-corrected chi connectivity index (χ3v) is 2.84. The van der Waals surface area contributed by atoms with Crippen LogP contribution in [0.2, 0.25) is 0 Å². The molecule has 1 rings (SSSR count). The highest BCUT2D eigenvalue weighted by atomic mass is 16.2. The SMILES string of the molecule is CC1CCN(C(=O)NC(C)CC#N)CC1. The van der Waals surface area contributed by atoms with Gasteiger partial charge in [0.1, 0.15) is 0 Å². The van der Waals surface area contributed by atoms with E-state index in [9.17, 15) is 4.79 Å². The molecule has 1 N–H and O–H groups in total. The molecule has 1 saturated heterocycles. The van der Waals surface area contributed by atoms with Crippen molar-refractivity contribution in [3.05, 3.63) is 0 Å². The fourth-order valence-electron chi connectivity index (χ4n) is 1.70. The van der Waals surface area contributed by atoms with E-state index >= 15 is 0 Å². The average molecular weight is 209 g/mol. The van der Waals surface area contributed by atoms with Crippen LogP contribution >= 0.6 is 0 Å².